The number of nitrogens with two attached hydrogens (primary N) is 1. The van der Waals surface area contributed by atoms with Crippen LogP contribution in [0.4, 0.5) is 11.6 Å². The van der Waals surface area contributed by atoms with Gasteiger partial charge in [0.25, 0.3) is 5.91 Å². The second-order valence-electron chi connectivity index (χ2n) is 12.1. The zero-order valence-corrected chi connectivity index (χ0v) is 29.7. The Balaban J connectivity index is 0.000000405. The van der Waals surface area contributed by atoms with Gasteiger partial charge in [-0.1, -0.05) is 63.3 Å². The number of anilines is 2. The molecule has 2 aromatic heterocycles. The Morgan fingerprint density at radius 3 is 2.12 bits per heavy atom. The molecule has 1 amide bonds. The van der Waals surface area contributed by atoms with Gasteiger partial charge in [0.2, 0.25) is 5.95 Å². The lowest BCUT2D eigenvalue weighted by Gasteiger charge is -2.14. The second kappa shape index (κ2) is 24.5. The minimum absolute atomic E-state index is 0.0524. The number of carboxylic acid groups (broad SMARTS) is 3. The van der Waals surface area contributed by atoms with Crippen LogP contribution in [0.25, 0.3) is 11.2 Å². The zero-order valence-electron chi connectivity index (χ0n) is 29.7. The number of fused-ring (bicyclic) bond motifs is 1. The van der Waals surface area contributed by atoms with Gasteiger partial charge in [0.1, 0.15) is 6.04 Å². The molecule has 15 heteroatoms. The monoisotopic (exact) mass is 721 g/mol. The molecule has 1 aromatic carbocycles. The number of nitrogens with zero attached hydrogens (tertiary/aromatic N) is 3. The smallest absolute Gasteiger partial charge is 0.326 e. The van der Waals surface area contributed by atoms with Crippen LogP contribution < -0.4 is 21.9 Å². The van der Waals surface area contributed by atoms with Crippen LogP contribution in [0, 0.1) is 0 Å². The highest BCUT2D eigenvalue weighted by Crippen LogP contribution is 2.13. The van der Waals surface area contributed by atoms with E-state index in [0.29, 0.717) is 17.8 Å². The number of aromatic amines is 1. The maximum absolute atomic E-state index is 12.3. The zero-order chi connectivity index (χ0) is 38.1. The fourth-order valence-corrected chi connectivity index (χ4v) is 4.85. The summed E-state index contributed by atoms with van der Waals surface area (Å²) in [6.45, 7) is 2.47. The number of carboxylic acids is 3. The van der Waals surface area contributed by atoms with E-state index in [-0.39, 0.29) is 42.1 Å². The molecule has 0 saturated carbocycles. The average Bonchev–Trinajstić information content (AvgIpc) is 3.11. The van der Waals surface area contributed by atoms with Crippen molar-refractivity contribution in [3.63, 3.8) is 0 Å². The fourth-order valence-electron chi connectivity index (χ4n) is 4.85. The number of rotatable bonds is 23. The number of hydrogen-bond donors (Lipinski definition) is 7. The van der Waals surface area contributed by atoms with Crippen molar-refractivity contribution in [1.29, 1.82) is 0 Å². The summed E-state index contributed by atoms with van der Waals surface area (Å²) in [6.07, 6.45) is 23.1. The van der Waals surface area contributed by atoms with E-state index in [1.54, 1.807) is 12.1 Å². The summed E-state index contributed by atoms with van der Waals surface area (Å²) in [5, 5.41) is 31.7. The summed E-state index contributed by atoms with van der Waals surface area (Å²) < 4.78 is 0. The maximum Gasteiger partial charge on any atom is 0.326 e. The highest BCUT2D eigenvalue weighted by Gasteiger charge is 2.21. The standard InChI is InChI=1S/C19H19N7O6.C18H32O2/c20-19-25-15-14(17(30)26-19)23-11(8-22-15)7-21-10-3-1-9(2-4-10)16(29)24-12(18(31)32)5-6-13(27)28;1-2-3-4-5-6-7-8-9-10-11-12-13-14-15-16-17-18(19)20/h1-4,8,12,21H,5-7H2,(H,24,29)(H,27,28)(H,31,32)(H3,20,22,25,26,30);6-7,9-10H,2-5,8,11-17H2,1H3,(H,19,20)/b;7-6-,10-9-/t12-;/m0./s1. The molecule has 1 atom stereocenters. The van der Waals surface area contributed by atoms with Gasteiger partial charge < -0.3 is 36.7 Å². The summed E-state index contributed by atoms with van der Waals surface area (Å²) in [5.74, 6) is -3.83. The number of allylic oxidation sites excluding steroid dienone is 4. The van der Waals surface area contributed by atoms with Gasteiger partial charge in [-0.25, -0.2) is 14.8 Å². The van der Waals surface area contributed by atoms with Crippen LogP contribution in [0.15, 0.2) is 59.6 Å². The number of carbonyl (C=O) groups is 4. The number of hydrogen-bond acceptors (Lipinski definition) is 10. The molecule has 0 aliphatic carbocycles. The third kappa shape index (κ3) is 17.9. The van der Waals surface area contributed by atoms with Gasteiger partial charge in [-0.2, -0.15) is 4.98 Å². The van der Waals surface area contributed by atoms with Crippen molar-refractivity contribution in [3.8, 4) is 0 Å². The highest BCUT2D eigenvalue weighted by atomic mass is 16.4. The topological polar surface area (TPSA) is 251 Å². The first-order valence-corrected chi connectivity index (χ1v) is 17.6. The summed E-state index contributed by atoms with van der Waals surface area (Å²) in [5.41, 5.74) is 6.47. The first-order valence-electron chi connectivity index (χ1n) is 17.6. The first-order chi connectivity index (χ1) is 25.0. The van der Waals surface area contributed by atoms with Gasteiger partial charge in [0.15, 0.2) is 11.2 Å². The Bertz CT molecular complexity index is 1690. The van der Waals surface area contributed by atoms with Crippen LogP contribution in [0.2, 0.25) is 0 Å². The number of nitrogens with one attached hydrogen (secondary N) is 3. The van der Waals surface area contributed by atoms with Gasteiger partial charge in [-0.15, -0.1) is 0 Å². The molecule has 8 N–H and O–H groups in total. The first kappa shape index (κ1) is 42.6. The van der Waals surface area contributed by atoms with E-state index in [0.717, 1.165) is 25.7 Å². The number of nitrogen functional groups attached to an aromatic ring is 1. The third-order valence-electron chi connectivity index (χ3n) is 7.71. The van der Waals surface area contributed by atoms with Crippen molar-refractivity contribution in [3.05, 3.63) is 76.4 Å². The molecule has 282 valence electrons. The molecule has 52 heavy (non-hydrogen) atoms. The van der Waals surface area contributed by atoms with Crippen molar-refractivity contribution >= 4 is 46.6 Å². The second-order valence-corrected chi connectivity index (χ2v) is 12.1. The Kier molecular flexibility index (Phi) is 20.1. The van der Waals surface area contributed by atoms with Crippen LogP contribution in [-0.4, -0.2) is 65.1 Å². The van der Waals surface area contributed by atoms with E-state index in [4.69, 9.17) is 21.1 Å². The summed E-state index contributed by atoms with van der Waals surface area (Å²) in [7, 11) is 0. The largest absolute Gasteiger partial charge is 0.481 e. The SMILES string of the molecule is CCCCC/C=C\C/C=C\CCCCCCCC(=O)O.Nc1nc(=O)c2nc(CNc3ccc(C(=O)N[C@@H](CCC(=O)O)C(=O)O)cc3)cnc2[nH]1. The van der Waals surface area contributed by atoms with Crippen molar-refractivity contribution in [1.82, 2.24) is 25.3 Å². The van der Waals surface area contributed by atoms with Gasteiger partial charge in [-0.05, 0) is 69.2 Å². The van der Waals surface area contributed by atoms with Crippen molar-refractivity contribution in [2.75, 3.05) is 11.1 Å². The normalized spacial score (nSPS) is 11.6. The molecule has 0 unspecified atom stereocenters. The molecule has 0 fully saturated rings. The predicted octanol–water partition coefficient (Wildman–Crippen LogP) is 5.84. The molecule has 2 heterocycles. The number of unbranched alkanes of at least 4 members (excludes halogenated alkanes) is 8. The Labute approximate surface area is 302 Å². The van der Waals surface area contributed by atoms with E-state index in [1.165, 1.54) is 63.3 Å². The predicted molar refractivity (Wildman–Crippen MR) is 199 cm³/mol. The minimum Gasteiger partial charge on any atom is -0.481 e. The molecule has 0 saturated heterocycles. The summed E-state index contributed by atoms with van der Waals surface area (Å²) in [4.78, 5) is 70.9. The minimum atomic E-state index is -1.31. The average molecular weight is 722 g/mol. The maximum atomic E-state index is 12.3. The van der Waals surface area contributed by atoms with Crippen LogP contribution in [0.5, 0.6) is 0 Å². The van der Waals surface area contributed by atoms with Gasteiger partial charge in [0, 0.05) is 24.1 Å². The number of aliphatic carboxylic acids is 3. The van der Waals surface area contributed by atoms with E-state index in [1.807, 2.05) is 0 Å². The highest BCUT2D eigenvalue weighted by molar-refractivity contribution is 5.97. The number of H-pyrrole nitrogens is 1. The molecular weight excluding hydrogens is 670 g/mol. The van der Waals surface area contributed by atoms with E-state index in [2.05, 4.69) is 61.8 Å². The molecule has 15 nitrogen and oxygen atoms in total. The third-order valence-corrected chi connectivity index (χ3v) is 7.71. The number of carbonyl (C=O) groups excluding carboxylic acids is 1. The number of aromatic nitrogens is 4. The Hall–Kier alpha value is -5.60. The fraction of sp³-hybridized carbons (Fsp3) is 0.459. The molecule has 0 spiro atoms. The Morgan fingerprint density at radius 1 is 0.846 bits per heavy atom. The molecule has 3 rings (SSSR count). The van der Waals surface area contributed by atoms with Gasteiger partial charge in [-0.3, -0.25) is 19.2 Å². The van der Waals surface area contributed by atoms with Crippen LogP contribution >= 0.6 is 0 Å². The van der Waals surface area contributed by atoms with E-state index < -0.39 is 35.4 Å². The van der Waals surface area contributed by atoms with Gasteiger partial charge >= 0.3 is 23.5 Å². The lowest BCUT2D eigenvalue weighted by atomic mass is 10.1. The molecular formula is C37H51N7O8. The van der Waals surface area contributed by atoms with E-state index in [9.17, 15) is 24.0 Å². The van der Waals surface area contributed by atoms with Gasteiger partial charge in [0.05, 0.1) is 18.4 Å². The van der Waals surface area contributed by atoms with E-state index >= 15 is 0 Å². The molecule has 0 aliphatic rings. The van der Waals surface area contributed by atoms with Crippen LogP contribution in [-0.2, 0) is 20.9 Å². The summed E-state index contributed by atoms with van der Waals surface area (Å²) in [6, 6.07) is 4.86. The molecule has 3 aromatic rings. The van der Waals surface area contributed by atoms with Crippen molar-refractivity contribution < 1.29 is 34.5 Å². The lowest BCUT2D eigenvalue weighted by molar-refractivity contribution is -0.141. The molecule has 0 radical (unpaired) electrons. The lowest BCUT2D eigenvalue weighted by Crippen LogP contribution is -2.41. The Morgan fingerprint density at radius 2 is 1.48 bits per heavy atom. The van der Waals surface area contributed by atoms with Crippen molar-refractivity contribution in [2.24, 2.45) is 0 Å². The van der Waals surface area contributed by atoms with Crippen molar-refractivity contribution in [2.45, 2.75) is 109 Å². The molecule has 0 aliphatic heterocycles. The number of amides is 1. The number of benzene rings is 1. The van der Waals surface area contributed by atoms with Crippen LogP contribution in [0.3, 0.4) is 0 Å². The molecule has 0 bridgehead atoms. The summed E-state index contributed by atoms with van der Waals surface area (Å²) >= 11 is 0. The van der Waals surface area contributed by atoms with Crippen LogP contribution in [0.1, 0.15) is 113 Å². The quantitative estimate of drug-likeness (QED) is 0.0449.